The first-order valence-electron chi connectivity index (χ1n) is 6.66. The van der Waals surface area contributed by atoms with Gasteiger partial charge in [0.05, 0.1) is 11.3 Å². The third kappa shape index (κ3) is 2.31. The van der Waals surface area contributed by atoms with Crippen LogP contribution in [0.15, 0.2) is 21.4 Å². The molecule has 2 aromatic rings. The molecule has 3 rings (SSSR count). The molecule has 1 aromatic carbocycles. The number of nitrogens with zero attached hydrogens (tertiary/aromatic N) is 1. The fourth-order valence-corrected chi connectivity index (χ4v) is 2.80. The van der Waals surface area contributed by atoms with Crippen molar-refractivity contribution in [3.8, 4) is 11.4 Å². The average molecular weight is 334 g/mol. The van der Waals surface area contributed by atoms with Crippen molar-refractivity contribution in [3.63, 3.8) is 0 Å². The topological polar surface area (TPSA) is 57.8 Å². The molecule has 0 fully saturated rings. The molecule has 0 bridgehead atoms. The molecule has 1 aliphatic heterocycles. The van der Waals surface area contributed by atoms with E-state index in [1.807, 2.05) is 26.0 Å². The number of H-pyrrole nitrogens is 1. The fourth-order valence-electron chi connectivity index (χ4n) is 2.57. The summed E-state index contributed by atoms with van der Waals surface area (Å²) < 4.78 is 1.10. The lowest BCUT2D eigenvalue weighted by Gasteiger charge is -2.16. The van der Waals surface area contributed by atoms with E-state index in [1.54, 1.807) is 0 Å². The maximum Gasteiger partial charge on any atom is 0.255 e. The van der Waals surface area contributed by atoms with Gasteiger partial charge in [0.15, 0.2) is 0 Å². The van der Waals surface area contributed by atoms with E-state index in [2.05, 4.69) is 31.2 Å². The van der Waals surface area contributed by atoms with Gasteiger partial charge in [-0.05, 0) is 37.1 Å². The maximum absolute atomic E-state index is 12.1. The Labute approximate surface area is 125 Å². The first kappa shape index (κ1) is 13.5. The van der Waals surface area contributed by atoms with E-state index >= 15 is 0 Å². The van der Waals surface area contributed by atoms with Crippen molar-refractivity contribution in [2.24, 2.45) is 0 Å². The van der Waals surface area contributed by atoms with E-state index in [-0.39, 0.29) is 5.56 Å². The first-order valence-corrected chi connectivity index (χ1v) is 7.45. The smallest absolute Gasteiger partial charge is 0.255 e. The predicted molar refractivity (Wildman–Crippen MR) is 82.9 cm³/mol. The molecule has 0 unspecified atom stereocenters. The number of aromatic nitrogens is 2. The quantitative estimate of drug-likeness (QED) is 0.842. The lowest BCUT2D eigenvalue weighted by atomic mass is 10.1. The summed E-state index contributed by atoms with van der Waals surface area (Å²) in [5.41, 5.74) is 4.90. The maximum atomic E-state index is 12.1. The zero-order valence-corrected chi connectivity index (χ0v) is 13.1. The van der Waals surface area contributed by atoms with E-state index in [0.717, 1.165) is 45.4 Å². The summed E-state index contributed by atoms with van der Waals surface area (Å²) in [6, 6.07) is 4.09. The van der Waals surface area contributed by atoms with Crippen LogP contribution in [0.2, 0.25) is 0 Å². The second-order valence-corrected chi connectivity index (χ2v) is 5.98. The van der Waals surface area contributed by atoms with Crippen LogP contribution in [-0.4, -0.2) is 16.5 Å². The summed E-state index contributed by atoms with van der Waals surface area (Å²) in [6.07, 6.45) is 0.806. The van der Waals surface area contributed by atoms with Crippen molar-refractivity contribution < 1.29 is 0 Å². The van der Waals surface area contributed by atoms with Gasteiger partial charge in [-0.15, -0.1) is 0 Å². The van der Waals surface area contributed by atoms with Crippen molar-refractivity contribution >= 4 is 15.9 Å². The van der Waals surface area contributed by atoms with Crippen LogP contribution in [0.1, 0.15) is 22.4 Å². The molecule has 1 aliphatic rings. The molecule has 0 amide bonds. The van der Waals surface area contributed by atoms with Crippen LogP contribution in [0.5, 0.6) is 0 Å². The number of rotatable bonds is 1. The zero-order chi connectivity index (χ0) is 14.3. The van der Waals surface area contributed by atoms with Gasteiger partial charge in [0.1, 0.15) is 5.82 Å². The number of aromatic amines is 1. The highest BCUT2D eigenvalue weighted by molar-refractivity contribution is 9.10. The molecule has 0 radical (unpaired) electrons. The number of fused-ring (bicyclic) bond motifs is 1. The summed E-state index contributed by atoms with van der Waals surface area (Å²) in [5, 5.41) is 3.20. The molecule has 0 atom stereocenters. The fraction of sp³-hybridized carbons (Fsp3) is 0.333. The number of halogens is 1. The molecule has 0 saturated heterocycles. The lowest BCUT2D eigenvalue weighted by molar-refractivity contribution is 0.621. The van der Waals surface area contributed by atoms with Crippen LogP contribution >= 0.6 is 15.9 Å². The lowest BCUT2D eigenvalue weighted by Crippen LogP contribution is -2.31. The highest BCUT2D eigenvalue weighted by atomic mass is 79.9. The molecule has 4 nitrogen and oxygen atoms in total. The van der Waals surface area contributed by atoms with E-state index in [9.17, 15) is 4.79 Å². The minimum Gasteiger partial charge on any atom is -0.312 e. The van der Waals surface area contributed by atoms with E-state index in [4.69, 9.17) is 0 Å². The van der Waals surface area contributed by atoms with Crippen LogP contribution in [-0.2, 0) is 13.0 Å². The van der Waals surface area contributed by atoms with Crippen LogP contribution < -0.4 is 10.9 Å². The second-order valence-electron chi connectivity index (χ2n) is 5.19. The summed E-state index contributed by atoms with van der Waals surface area (Å²) in [5.74, 6) is 0.661. The Morgan fingerprint density at radius 3 is 2.65 bits per heavy atom. The Bertz CT molecular complexity index is 713. The Kier molecular flexibility index (Phi) is 3.48. The van der Waals surface area contributed by atoms with E-state index < -0.39 is 0 Å². The molecular formula is C15H16BrN3O. The minimum atomic E-state index is -0.0320. The number of hydrogen-bond donors (Lipinski definition) is 2. The average Bonchev–Trinajstić information content (AvgIpc) is 2.44. The van der Waals surface area contributed by atoms with Crippen molar-refractivity contribution in [2.45, 2.75) is 26.8 Å². The molecule has 20 heavy (non-hydrogen) atoms. The minimum absolute atomic E-state index is 0.0320. The van der Waals surface area contributed by atoms with E-state index in [1.165, 1.54) is 0 Å². The predicted octanol–water partition coefficient (Wildman–Crippen LogP) is 2.46. The van der Waals surface area contributed by atoms with Crippen LogP contribution in [0.4, 0.5) is 0 Å². The summed E-state index contributed by atoms with van der Waals surface area (Å²) >= 11 is 3.56. The number of hydrogen-bond acceptors (Lipinski definition) is 3. The van der Waals surface area contributed by atoms with Gasteiger partial charge in [0.2, 0.25) is 0 Å². The van der Waals surface area contributed by atoms with Crippen molar-refractivity contribution in [1.29, 1.82) is 0 Å². The highest BCUT2D eigenvalue weighted by Crippen LogP contribution is 2.26. The van der Waals surface area contributed by atoms with E-state index in [0.29, 0.717) is 12.4 Å². The first-order chi connectivity index (χ1) is 9.56. The van der Waals surface area contributed by atoms with Gasteiger partial charge < -0.3 is 10.3 Å². The SMILES string of the molecule is Cc1cc(-c2nc3c(c(=O)[nH]2)CNCC3)cc(C)c1Br. The highest BCUT2D eigenvalue weighted by Gasteiger charge is 2.16. The van der Waals surface area contributed by atoms with Crippen molar-refractivity contribution in [2.75, 3.05) is 6.54 Å². The summed E-state index contributed by atoms with van der Waals surface area (Å²) in [6.45, 7) is 5.57. The molecule has 0 saturated carbocycles. The Morgan fingerprint density at radius 1 is 1.25 bits per heavy atom. The number of benzene rings is 1. The van der Waals surface area contributed by atoms with Gasteiger partial charge >= 0.3 is 0 Å². The Morgan fingerprint density at radius 2 is 1.95 bits per heavy atom. The molecule has 2 heterocycles. The zero-order valence-electron chi connectivity index (χ0n) is 11.5. The molecular weight excluding hydrogens is 318 g/mol. The summed E-state index contributed by atoms with van der Waals surface area (Å²) in [7, 11) is 0. The van der Waals surface area contributed by atoms with Gasteiger partial charge in [-0.2, -0.15) is 0 Å². The van der Waals surface area contributed by atoms with Gasteiger partial charge in [0.25, 0.3) is 5.56 Å². The molecule has 0 spiro atoms. The van der Waals surface area contributed by atoms with Crippen LogP contribution in [0.3, 0.4) is 0 Å². The molecule has 5 heteroatoms. The Hall–Kier alpha value is -1.46. The number of aryl methyl sites for hydroxylation is 2. The standard InChI is InChI=1S/C15H16BrN3O/c1-8-5-10(6-9(2)13(8)16)14-18-12-3-4-17-7-11(12)15(20)19-14/h5-6,17H,3-4,7H2,1-2H3,(H,18,19,20). The normalized spacial score (nSPS) is 14.2. The van der Waals surface area contributed by atoms with Gasteiger partial charge in [-0.25, -0.2) is 4.98 Å². The monoisotopic (exact) mass is 333 g/mol. The third-order valence-electron chi connectivity index (χ3n) is 3.65. The van der Waals surface area contributed by atoms with Crippen molar-refractivity contribution in [3.05, 3.63) is 49.3 Å². The largest absolute Gasteiger partial charge is 0.312 e. The van der Waals surface area contributed by atoms with Gasteiger partial charge in [-0.3, -0.25) is 4.79 Å². The van der Waals surface area contributed by atoms with Crippen LogP contribution in [0.25, 0.3) is 11.4 Å². The molecule has 104 valence electrons. The Balaban J connectivity index is 2.16. The summed E-state index contributed by atoms with van der Waals surface area (Å²) in [4.78, 5) is 19.7. The van der Waals surface area contributed by atoms with Crippen molar-refractivity contribution in [1.82, 2.24) is 15.3 Å². The second kappa shape index (κ2) is 5.14. The third-order valence-corrected chi connectivity index (χ3v) is 4.90. The van der Waals surface area contributed by atoms with Gasteiger partial charge in [-0.1, -0.05) is 15.9 Å². The molecule has 1 aromatic heterocycles. The molecule has 0 aliphatic carbocycles. The van der Waals surface area contributed by atoms with Gasteiger partial charge in [0, 0.05) is 29.5 Å². The van der Waals surface area contributed by atoms with Crippen LogP contribution in [0, 0.1) is 13.8 Å². The number of nitrogens with one attached hydrogen (secondary N) is 2. The molecule has 2 N–H and O–H groups in total.